The molecule has 3 rings (SSSR count). The fraction of sp³-hybridized carbons (Fsp3) is 0.444. The Kier molecular flexibility index (Phi) is 5.75. The normalized spacial score (nSPS) is 16.8. The van der Waals surface area contributed by atoms with Crippen molar-refractivity contribution in [3.63, 3.8) is 0 Å². The first kappa shape index (κ1) is 17.5. The lowest BCUT2D eigenvalue weighted by atomic mass is 10.1. The minimum atomic E-state index is -0.0427. The lowest BCUT2D eigenvalue weighted by Gasteiger charge is -2.36. The van der Waals surface area contributed by atoms with Crippen molar-refractivity contribution in [2.75, 3.05) is 39.8 Å². The molecule has 2 aromatic rings. The third-order valence-corrected chi connectivity index (χ3v) is 5.51. The van der Waals surface area contributed by atoms with E-state index in [2.05, 4.69) is 39.6 Å². The van der Waals surface area contributed by atoms with Gasteiger partial charge in [-0.25, -0.2) is 0 Å². The second-order valence-corrected chi connectivity index (χ2v) is 7.08. The molecule has 1 amide bonds. The van der Waals surface area contributed by atoms with Crippen molar-refractivity contribution in [3.05, 3.63) is 46.5 Å². The molecule has 1 fully saturated rings. The molecule has 0 aromatic carbocycles. The number of thiophene rings is 1. The van der Waals surface area contributed by atoms with Crippen LogP contribution in [0.3, 0.4) is 0 Å². The molecule has 6 nitrogen and oxygen atoms in total. The number of hydrogen-bond acceptors (Lipinski definition) is 4. The lowest BCUT2D eigenvalue weighted by Crippen LogP contribution is -2.54. The zero-order valence-electron chi connectivity index (χ0n) is 14.6. The largest absolute Gasteiger partial charge is 0.459 e. The van der Waals surface area contributed by atoms with Crippen LogP contribution in [-0.4, -0.2) is 61.4 Å². The Hall–Kier alpha value is -2.28. The molecule has 3 heterocycles. The van der Waals surface area contributed by atoms with Gasteiger partial charge in [-0.3, -0.25) is 9.79 Å². The van der Waals surface area contributed by atoms with Gasteiger partial charge in [-0.15, -0.1) is 11.3 Å². The predicted octanol–water partition coefficient (Wildman–Crippen LogP) is 2.48. The van der Waals surface area contributed by atoms with Crippen LogP contribution in [0.5, 0.6) is 0 Å². The number of carbonyl (C=O) groups is 1. The van der Waals surface area contributed by atoms with Gasteiger partial charge in [0.1, 0.15) is 0 Å². The summed E-state index contributed by atoms with van der Waals surface area (Å²) in [6.07, 6.45) is 1.53. The van der Waals surface area contributed by atoms with Crippen molar-refractivity contribution in [2.45, 2.75) is 12.8 Å². The first-order valence-corrected chi connectivity index (χ1v) is 9.38. The van der Waals surface area contributed by atoms with Crippen molar-refractivity contribution in [3.8, 4) is 0 Å². The average molecular weight is 360 g/mol. The van der Waals surface area contributed by atoms with Crippen molar-refractivity contribution < 1.29 is 9.21 Å². The smallest absolute Gasteiger partial charge is 0.289 e. The molecule has 0 aliphatic carbocycles. The second-order valence-electron chi connectivity index (χ2n) is 6.10. The molecule has 0 radical (unpaired) electrons. The topological polar surface area (TPSA) is 61.1 Å². The molecule has 25 heavy (non-hydrogen) atoms. The van der Waals surface area contributed by atoms with Crippen LogP contribution < -0.4 is 5.32 Å². The predicted molar refractivity (Wildman–Crippen MR) is 100 cm³/mol. The maximum atomic E-state index is 12.3. The summed E-state index contributed by atoms with van der Waals surface area (Å²) < 4.78 is 5.20. The van der Waals surface area contributed by atoms with Crippen molar-refractivity contribution in [2.24, 2.45) is 4.99 Å². The zero-order chi connectivity index (χ0) is 17.6. The summed E-state index contributed by atoms with van der Waals surface area (Å²) >= 11 is 1.78. The summed E-state index contributed by atoms with van der Waals surface area (Å²) in [6.45, 7) is 5.92. The number of guanidine groups is 1. The van der Waals surface area contributed by atoms with E-state index in [4.69, 9.17) is 4.42 Å². The first-order chi connectivity index (χ1) is 12.2. The molecule has 1 saturated heterocycles. The molecule has 0 bridgehead atoms. The van der Waals surface area contributed by atoms with Gasteiger partial charge in [0.2, 0.25) is 0 Å². The Labute approximate surface area is 152 Å². The third-order valence-electron chi connectivity index (χ3n) is 4.41. The Bertz CT molecular complexity index is 689. The minimum absolute atomic E-state index is 0.0427. The maximum absolute atomic E-state index is 12.3. The van der Waals surface area contributed by atoms with Crippen LogP contribution >= 0.6 is 11.3 Å². The Morgan fingerprint density at radius 3 is 2.64 bits per heavy atom. The summed E-state index contributed by atoms with van der Waals surface area (Å²) in [7, 11) is 1.80. The third kappa shape index (κ3) is 4.22. The van der Waals surface area contributed by atoms with E-state index in [1.807, 2.05) is 4.90 Å². The van der Waals surface area contributed by atoms with E-state index < -0.39 is 0 Å². The number of amides is 1. The monoisotopic (exact) mass is 360 g/mol. The van der Waals surface area contributed by atoms with Gasteiger partial charge < -0.3 is 19.5 Å². The van der Waals surface area contributed by atoms with E-state index in [-0.39, 0.29) is 5.91 Å². The van der Waals surface area contributed by atoms with Gasteiger partial charge in [0.15, 0.2) is 11.7 Å². The highest BCUT2D eigenvalue weighted by molar-refractivity contribution is 7.10. The molecule has 2 aromatic heterocycles. The van der Waals surface area contributed by atoms with E-state index in [0.29, 0.717) is 24.8 Å². The van der Waals surface area contributed by atoms with Crippen LogP contribution in [-0.2, 0) is 0 Å². The van der Waals surface area contributed by atoms with Gasteiger partial charge >= 0.3 is 0 Å². The summed E-state index contributed by atoms with van der Waals surface area (Å²) in [6, 6.07) is 7.70. The van der Waals surface area contributed by atoms with Crippen LogP contribution in [0.2, 0.25) is 0 Å². The zero-order valence-corrected chi connectivity index (χ0v) is 15.5. The van der Waals surface area contributed by atoms with Crippen LogP contribution in [0.25, 0.3) is 0 Å². The first-order valence-electron chi connectivity index (χ1n) is 8.51. The van der Waals surface area contributed by atoms with Crippen LogP contribution in [0.15, 0.2) is 45.3 Å². The second kappa shape index (κ2) is 8.20. The van der Waals surface area contributed by atoms with E-state index in [1.165, 1.54) is 11.1 Å². The van der Waals surface area contributed by atoms with Gasteiger partial charge in [-0.1, -0.05) is 13.0 Å². The number of furan rings is 1. The number of rotatable bonds is 4. The molecule has 1 aliphatic rings. The number of carbonyl (C=O) groups excluding carboxylic acids is 1. The van der Waals surface area contributed by atoms with E-state index in [0.717, 1.165) is 25.6 Å². The molecule has 1 aliphatic heterocycles. The van der Waals surface area contributed by atoms with Crippen LogP contribution in [0, 0.1) is 0 Å². The molecule has 7 heteroatoms. The fourth-order valence-corrected chi connectivity index (χ4v) is 3.71. The quantitative estimate of drug-likeness (QED) is 0.672. The molecule has 0 saturated carbocycles. The lowest BCUT2D eigenvalue weighted by molar-refractivity contribution is 0.0657. The fourth-order valence-electron chi connectivity index (χ4n) is 2.93. The highest BCUT2D eigenvalue weighted by atomic mass is 32.1. The molecule has 0 spiro atoms. The Balaban J connectivity index is 1.49. The van der Waals surface area contributed by atoms with Gasteiger partial charge in [0.25, 0.3) is 5.91 Å². The van der Waals surface area contributed by atoms with E-state index in [1.54, 1.807) is 30.5 Å². The summed E-state index contributed by atoms with van der Waals surface area (Å²) in [5.74, 6) is 1.70. The number of nitrogens with one attached hydrogen (secondary N) is 1. The van der Waals surface area contributed by atoms with Gasteiger partial charge in [-0.2, -0.15) is 0 Å². The summed E-state index contributed by atoms with van der Waals surface area (Å²) in [4.78, 5) is 22.1. The van der Waals surface area contributed by atoms with E-state index >= 15 is 0 Å². The van der Waals surface area contributed by atoms with Crippen molar-refractivity contribution in [1.29, 1.82) is 0 Å². The minimum Gasteiger partial charge on any atom is -0.459 e. The molecule has 134 valence electrons. The number of nitrogens with zero attached hydrogens (tertiary/aromatic N) is 3. The van der Waals surface area contributed by atoms with E-state index in [9.17, 15) is 4.79 Å². The van der Waals surface area contributed by atoms with Gasteiger partial charge in [-0.05, 0) is 23.6 Å². The standard InChI is InChI=1S/C18H24N4O2S/c1-14(16-6-4-12-25-16)13-20-18(19-2)22-9-7-21(8-10-22)17(23)15-5-3-11-24-15/h3-6,11-12,14H,7-10,13H2,1-2H3,(H,19,20). The summed E-state index contributed by atoms with van der Waals surface area (Å²) in [5, 5.41) is 5.57. The SMILES string of the molecule is CN=C(NCC(C)c1cccs1)N1CCN(C(=O)c2ccco2)CC1. The highest BCUT2D eigenvalue weighted by Gasteiger charge is 2.25. The molecular formula is C18H24N4O2S. The Morgan fingerprint density at radius 1 is 1.28 bits per heavy atom. The average Bonchev–Trinajstić information content (AvgIpc) is 3.35. The molecular weight excluding hydrogens is 336 g/mol. The highest BCUT2D eigenvalue weighted by Crippen LogP contribution is 2.19. The Morgan fingerprint density at radius 2 is 2.04 bits per heavy atom. The van der Waals surface area contributed by atoms with Crippen molar-refractivity contribution >= 4 is 23.2 Å². The maximum Gasteiger partial charge on any atom is 0.289 e. The number of piperazine rings is 1. The number of hydrogen-bond donors (Lipinski definition) is 1. The molecule has 1 atom stereocenters. The summed E-state index contributed by atoms with van der Waals surface area (Å²) in [5.41, 5.74) is 0. The number of aliphatic imine (C=N–C) groups is 1. The van der Waals surface area contributed by atoms with Crippen LogP contribution in [0.1, 0.15) is 28.3 Å². The molecule has 1 N–H and O–H groups in total. The van der Waals surface area contributed by atoms with Crippen molar-refractivity contribution in [1.82, 2.24) is 15.1 Å². The van der Waals surface area contributed by atoms with Gasteiger partial charge in [0, 0.05) is 50.6 Å². The molecule has 1 unspecified atom stereocenters. The van der Waals surface area contributed by atoms with Crippen LogP contribution in [0.4, 0.5) is 0 Å². The van der Waals surface area contributed by atoms with Gasteiger partial charge in [0.05, 0.1) is 6.26 Å².